The number of carbonyl (C=O) groups is 12. The van der Waals surface area contributed by atoms with Gasteiger partial charge in [-0.3, -0.25) is 53.3 Å². The Balaban J connectivity index is 0.894. The van der Waals surface area contributed by atoms with Gasteiger partial charge in [0.05, 0.1) is 43.6 Å². The van der Waals surface area contributed by atoms with Crippen molar-refractivity contribution in [2.24, 2.45) is 11.7 Å². The van der Waals surface area contributed by atoms with Gasteiger partial charge in [0.25, 0.3) is 0 Å². The van der Waals surface area contributed by atoms with Gasteiger partial charge >= 0.3 is 12.1 Å². The van der Waals surface area contributed by atoms with Crippen LogP contribution in [0.3, 0.4) is 0 Å². The summed E-state index contributed by atoms with van der Waals surface area (Å²) in [6, 6.07) is 12.9. The maximum absolute atomic E-state index is 15.4. The van der Waals surface area contributed by atoms with Crippen LogP contribution in [0.1, 0.15) is 148 Å². The molecule has 9 rings (SSSR count). The van der Waals surface area contributed by atoms with Crippen LogP contribution < -0.4 is 68.5 Å². The van der Waals surface area contributed by atoms with Crippen molar-refractivity contribution >= 4 is 143 Å². The number of ether oxygens (including phenoxy) is 5. The van der Waals surface area contributed by atoms with Gasteiger partial charge in [-0.2, -0.15) is 0 Å². The summed E-state index contributed by atoms with van der Waals surface area (Å²) in [5.74, 6) is -9.51. The van der Waals surface area contributed by atoms with E-state index in [9.17, 15) is 63.6 Å². The molecule has 40 heteroatoms. The number of nitrogens with zero attached hydrogens (tertiary/aromatic N) is 2. The first-order chi connectivity index (χ1) is 64.0. The highest BCUT2D eigenvalue weighted by atomic mass is 35.5. The minimum absolute atomic E-state index is 0.0351. The molecule has 4 aliphatic rings. The van der Waals surface area contributed by atoms with Crippen LogP contribution in [0.25, 0.3) is 10.9 Å². The lowest BCUT2D eigenvalue weighted by atomic mass is 9.83. The van der Waals surface area contributed by atoms with Crippen molar-refractivity contribution in [3.8, 4) is 11.5 Å². The predicted octanol–water partition coefficient (Wildman–Crippen LogP) is 6.32. The molecule has 3 saturated heterocycles. The Hall–Kier alpha value is -9.65. The number of phenolic OH excluding ortho intramolecular Hbond substituents is 1. The summed E-state index contributed by atoms with van der Waals surface area (Å²) in [5.41, 5.74) is 7.10. The van der Waals surface area contributed by atoms with E-state index in [2.05, 4.69) is 65.1 Å². The quantitative estimate of drug-likeness (QED) is 0.00895. The number of benzene rings is 4. The van der Waals surface area contributed by atoms with Crippen molar-refractivity contribution < 1.29 is 102 Å². The molecule has 35 nitrogen and oxygen atoms in total. The number of para-hydroxylation sites is 1. The number of phenols is 1. The summed E-state index contributed by atoms with van der Waals surface area (Å²) < 4.78 is 29.7. The summed E-state index contributed by atoms with van der Waals surface area (Å²) in [6.45, 7) is 12.0. The van der Waals surface area contributed by atoms with E-state index in [4.69, 9.17) is 41.0 Å². The Labute approximate surface area is 803 Å². The fourth-order valence-electron chi connectivity index (χ4n) is 16.1. The molecule has 5 heterocycles. The van der Waals surface area contributed by atoms with Crippen molar-refractivity contribution in [1.29, 1.82) is 0 Å². The van der Waals surface area contributed by atoms with Crippen molar-refractivity contribution in [2.75, 3.05) is 75.9 Å². The first kappa shape index (κ1) is 108. The van der Waals surface area contributed by atoms with Gasteiger partial charge in [-0.1, -0.05) is 185 Å². The van der Waals surface area contributed by atoms with Gasteiger partial charge in [-0.05, 0) is 139 Å². The summed E-state index contributed by atoms with van der Waals surface area (Å²) >= 11 is 6.90. The molecule has 134 heavy (non-hydrogen) atoms. The topological polar surface area (TPSA) is 504 Å². The van der Waals surface area contributed by atoms with Crippen LogP contribution >= 0.6 is 54.8 Å². The molecule has 1 aromatic heterocycles. The number of amides is 11. The summed E-state index contributed by atoms with van der Waals surface area (Å²) in [7, 11) is 10.3. The maximum Gasteiger partial charge on any atom is 0.409 e. The van der Waals surface area contributed by atoms with Gasteiger partial charge in [0.1, 0.15) is 88.8 Å². The molecule has 17 N–H and O–H groups in total. The number of rotatable bonds is 37. The lowest BCUT2D eigenvalue weighted by Crippen LogP contribution is -2.63. The minimum atomic E-state index is -1.94. The lowest BCUT2D eigenvalue weighted by Gasteiger charge is -2.42. The number of aromatic amines is 1. The van der Waals surface area contributed by atoms with E-state index >= 15 is 14.4 Å². The van der Waals surface area contributed by atoms with E-state index in [0.29, 0.717) is 52.9 Å². The van der Waals surface area contributed by atoms with Crippen molar-refractivity contribution in [1.82, 2.24) is 63.1 Å². The molecule has 734 valence electrons. The molecular weight excluding hydrogens is 1820 g/mol. The zero-order valence-electron chi connectivity index (χ0n) is 77.7. The number of esters is 1. The lowest BCUT2D eigenvalue weighted by molar-refractivity contribution is -0.162. The number of unbranched alkanes of at least 4 members (excludes halogenated alkanes) is 6. The second kappa shape index (κ2) is 52.6. The molecule has 4 aliphatic heterocycles. The number of anilines is 1. The van der Waals surface area contributed by atoms with E-state index in [1.54, 1.807) is 62.5 Å². The third-order valence-corrected chi connectivity index (χ3v) is 29.5. The molecule has 0 saturated carbocycles. The number of aliphatic hydroxyl groups is 3. The van der Waals surface area contributed by atoms with Crippen LogP contribution in [0.4, 0.5) is 10.5 Å². The zero-order valence-corrected chi connectivity index (χ0v) is 81.7. The molecule has 0 aliphatic carbocycles. The SMILES string of the molecule is CCCCCCCCN[C@H](Cc1ccccc1)C(=O)N[C@H]1CSSC[C@@H](C(=O)N[C@H](C(=O)NCCSSCCC(=O)N(C)[C@@H](C)C(=O)O[C@H]2CC(=O)N(C)c3cc(cc(OC)c3Cl)C/C(C)=C/C=C/[C@@H](OC)[C@@]3(O)C[C@H](OC(=O)N3)[C@@H](C)[C@@H]3O[C@@]23C)[C@@H](C)O)NC(=O)[C@H]([C@@H](C)O)NC(=O)[C@H](CCCCN)NC(=O)[C@@H](Cc2c[nH]c3ccccc23)NC(=O)[C@H](Cc2ccc(O)cc2)NC1=O. The average molecular weight is 1960 g/mol. The Bertz CT molecular complexity index is 4890. The number of halogens is 1. The van der Waals surface area contributed by atoms with Crippen LogP contribution in [0, 0.1) is 5.92 Å². The Morgan fingerprint density at radius 1 is 0.784 bits per heavy atom. The van der Waals surface area contributed by atoms with Crippen LogP contribution in [-0.2, 0) is 97.4 Å². The average Bonchev–Trinajstić information content (AvgIpc) is 1.57. The van der Waals surface area contributed by atoms with Crippen LogP contribution in [0.2, 0.25) is 5.02 Å². The van der Waals surface area contributed by atoms with Crippen LogP contribution in [0.5, 0.6) is 11.5 Å². The fraction of sp³-hybridized carbons (Fsp3) is 0.553. The number of epoxide rings is 1. The summed E-state index contributed by atoms with van der Waals surface area (Å²) in [5, 5.41) is 73.7. The Morgan fingerprint density at radius 3 is 2.16 bits per heavy atom. The van der Waals surface area contributed by atoms with Crippen molar-refractivity contribution in [3.05, 3.63) is 148 Å². The van der Waals surface area contributed by atoms with Gasteiger partial charge in [0.2, 0.25) is 59.1 Å². The monoisotopic (exact) mass is 1950 g/mol. The Kier molecular flexibility index (Phi) is 42.4. The molecule has 3 fully saturated rings. The number of nitrogens with one attached hydrogen (secondary N) is 11. The number of hydrogen-bond donors (Lipinski definition) is 16. The van der Waals surface area contributed by atoms with Gasteiger partial charge in [-0.15, -0.1) is 0 Å². The second-order valence-corrected chi connectivity index (χ2v) is 40.2. The number of aromatic nitrogens is 1. The number of nitrogens with two attached hydrogens (primary N) is 1. The summed E-state index contributed by atoms with van der Waals surface area (Å²) in [4.78, 5) is 181. The molecule has 4 bridgehead atoms. The highest BCUT2D eigenvalue weighted by Gasteiger charge is 2.65. The summed E-state index contributed by atoms with van der Waals surface area (Å²) in [6.07, 6.45) is 4.58. The fourth-order valence-corrected chi connectivity index (χ4v) is 20.6. The highest BCUT2D eigenvalue weighted by molar-refractivity contribution is 8.77. The number of fused-ring (bicyclic) bond motifs is 6. The Morgan fingerprint density at radius 2 is 1.46 bits per heavy atom. The van der Waals surface area contributed by atoms with Crippen molar-refractivity contribution in [2.45, 2.75) is 254 Å². The highest BCUT2D eigenvalue weighted by Crippen LogP contribution is 2.50. The van der Waals surface area contributed by atoms with E-state index in [0.717, 1.165) is 76.8 Å². The molecular formula is C94H131ClN14O21S4. The number of alkyl carbamates (subject to hydrolysis) is 1. The number of allylic oxidation sites excluding steroid dienone is 3. The maximum atomic E-state index is 15.4. The van der Waals surface area contributed by atoms with E-state index < -0.39 is 186 Å². The molecule has 11 amide bonds. The minimum Gasteiger partial charge on any atom is -0.508 e. The zero-order chi connectivity index (χ0) is 97.5. The van der Waals surface area contributed by atoms with E-state index in [1.807, 2.05) is 61.5 Å². The van der Waals surface area contributed by atoms with Gasteiger partial charge in [0, 0.05) is 99.5 Å². The molecule has 4 aromatic carbocycles. The van der Waals surface area contributed by atoms with Crippen LogP contribution in [0.15, 0.2) is 121 Å². The van der Waals surface area contributed by atoms with Gasteiger partial charge in [-0.25, -0.2) is 9.59 Å². The third-order valence-electron chi connectivity index (χ3n) is 24.3. The number of hydrogen-bond acceptors (Lipinski definition) is 27. The number of aliphatic hydroxyl groups excluding tert-OH is 2. The van der Waals surface area contributed by atoms with E-state index in [1.165, 1.54) is 92.6 Å². The third kappa shape index (κ3) is 31.2. The second-order valence-electron chi connectivity index (χ2n) is 34.6. The standard InChI is InChI=1S/C94H131ClN14O21S4/c1-12-13-14-15-16-24-39-97-67(44-59-27-18-17-19-28-59)84(116)103-70-52-133-134-53-71(104-90(122)81(58(6)111)106-83(115)66(31-22-23-38-96)100-86(118)69(48-62-51-99-65-30-21-20-29-64(62)65)102-85(117)68(101-87(70)119)45-60-33-35-63(112)36-34-60)88(120)105-80(57(5)110)89(121)98-40-42-132-131-41-37-77(113)108(8)56(4)91(123)129-76-49-78(114)109(9)72-46-61(47-73(126-10)79(72)95)43-54(2)26-25-32-75(127-11)94(125)50-74(128-92(124)107-94)55(3)82-93(76,7)130-82/h17-21,25-30,32-36,46-47,51,55-58,66-71,74-76,80-82,97,99,110-112,125H,12-16,22-24,31,37-45,48-50,52-53,96H2,1-11H3,(H,98,121)(H,100,118)(H,101,119)(H,102,117)(H,103,116)(H,104,122)(H,105,120)(H,106,115)(H,107,124)/b32-25+,54-26+/t55-,56+,57-,58-,66+,67-,68+,69-,70+,71+,74+,75-,76+,80+,81+,82+,93+,94+/m1/s1. The molecule has 0 radical (unpaired) electrons. The largest absolute Gasteiger partial charge is 0.508 e. The molecule has 0 unspecified atom stereocenters. The smallest absolute Gasteiger partial charge is 0.409 e. The molecule has 0 spiro atoms. The molecule has 18 atom stereocenters. The molecule has 5 aromatic rings. The number of likely N-dealkylation sites (N-methyl/N-ethyl adjacent to an activating group) is 1. The van der Waals surface area contributed by atoms with Gasteiger partial charge < -0.3 is 112 Å². The first-order valence-corrected chi connectivity index (χ1v) is 50.8. The number of methoxy groups -OCH3 is 2. The van der Waals surface area contributed by atoms with E-state index in [-0.39, 0.29) is 91.8 Å². The normalized spacial score (nSPS) is 25.4. The van der Waals surface area contributed by atoms with Crippen LogP contribution in [-0.4, -0.2) is 275 Å². The number of carbonyl (C=O) groups excluding carboxylic acids is 12. The van der Waals surface area contributed by atoms with Gasteiger partial charge in [0.15, 0.2) is 5.72 Å². The number of H-pyrrole nitrogens is 1. The predicted molar refractivity (Wildman–Crippen MR) is 517 cm³/mol. The first-order valence-electron chi connectivity index (χ1n) is 45.4. The number of aromatic hydroxyl groups is 1. The van der Waals surface area contributed by atoms with Crippen molar-refractivity contribution in [3.63, 3.8) is 0 Å².